The van der Waals surface area contributed by atoms with E-state index in [-0.39, 0.29) is 12.5 Å². The quantitative estimate of drug-likeness (QED) is 0.589. The first-order valence-corrected chi connectivity index (χ1v) is 10.5. The minimum atomic E-state index is -0.434. The Labute approximate surface area is 191 Å². The smallest absolute Gasteiger partial charge is 0.282 e. The van der Waals surface area contributed by atoms with Gasteiger partial charge < -0.3 is 19.5 Å². The second-order valence-corrected chi connectivity index (χ2v) is 7.89. The number of fused-ring (bicyclic) bond motifs is 1. The van der Waals surface area contributed by atoms with Crippen molar-refractivity contribution in [2.75, 3.05) is 24.1 Å². The Balaban J connectivity index is 1.59. The maximum Gasteiger partial charge on any atom is 0.282 e. The van der Waals surface area contributed by atoms with Crippen LogP contribution in [0.25, 0.3) is 5.57 Å². The molecule has 2 heterocycles. The fourth-order valence-corrected chi connectivity index (χ4v) is 3.89. The number of ether oxygens (including phenoxy) is 3. The lowest BCUT2D eigenvalue weighted by Gasteiger charge is -2.16. The van der Waals surface area contributed by atoms with Crippen LogP contribution in [-0.4, -0.2) is 25.7 Å². The molecule has 0 saturated heterocycles. The minimum Gasteiger partial charge on any atom is -0.497 e. The zero-order chi connectivity index (χ0) is 23.1. The van der Waals surface area contributed by atoms with Gasteiger partial charge in [0.1, 0.15) is 11.4 Å². The van der Waals surface area contributed by atoms with Crippen LogP contribution >= 0.6 is 0 Å². The van der Waals surface area contributed by atoms with Crippen molar-refractivity contribution in [3.8, 4) is 17.2 Å². The Hall–Kier alpha value is -4.26. The predicted octanol–water partition coefficient (Wildman–Crippen LogP) is 4.44. The number of carbonyl (C=O) groups excluding carboxylic acids is 2. The zero-order valence-electron chi connectivity index (χ0n) is 18.5. The first-order chi connectivity index (χ1) is 16.0. The summed E-state index contributed by atoms with van der Waals surface area (Å²) >= 11 is 0. The van der Waals surface area contributed by atoms with Crippen molar-refractivity contribution in [3.63, 3.8) is 0 Å². The Kier molecular flexibility index (Phi) is 5.01. The largest absolute Gasteiger partial charge is 0.497 e. The van der Waals surface area contributed by atoms with E-state index < -0.39 is 11.8 Å². The molecule has 2 aliphatic rings. The van der Waals surface area contributed by atoms with Crippen molar-refractivity contribution in [2.24, 2.45) is 0 Å². The standard InChI is InChI=1S/C26H22N2O5/c1-15-4-5-17(12-16(15)2)23-24(27-18-6-11-21-22(13-18)33-14-32-21)26(30)28(25(23)29)19-7-9-20(31-3)10-8-19/h4-13,27H,14H2,1-3H3. The average Bonchev–Trinajstić information content (AvgIpc) is 3.38. The number of hydrogen-bond acceptors (Lipinski definition) is 6. The predicted molar refractivity (Wildman–Crippen MR) is 125 cm³/mol. The van der Waals surface area contributed by atoms with Crippen LogP contribution in [0, 0.1) is 13.8 Å². The van der Waals surface area contributed by atoms with Gasteiger partial charge in [0.25, 0.3) is 11.8 Å². The Morgan fingerprint density at radius 1 is 0.848 bits per heavy atom. The second kappa shape index (κ2) is 8.02. The third-order valence-corrected chi connectivity index (χ3v) is 5.85. The first-order valence-electron chi connectivity index (χ1n) is 10.5. The minimum absolute atomic E-state index is 0.151. The maximum absolute atomic E-state index is 13.6. The van der Waals surface area contributed by atoms with Crippen LogP contribution in [0.2, 0.25) is 0 Å². The zero-order valence-corrected chi connectivity index (χ0v) is 18.5. The molecule has 0 radical (unpaired) electrons. The fourth-order valence-electron chi connectivity index (χ4n) is 3.89. The maximum atomic E-state index is 13.6. The van der Waals surface area contributed by atoms with Gasteiger partial charge in [-0.15, -0.1) is 0 Å². The molecule has 0 unspecified atom stereocenters. The summed E-state index contributed by atoms with van der Waals surface area (Å²) < 4.78 is 16.0. The van der Waals surface area contributed by atoms with E-state index in [9.17, 15) is 9.59 Å². The summed E-state index contributed by atoms with van der Waals surface area (Å²) in [6.45, 7) is 4.13. The fraction of sp³-hybridized carbons (Fsp3) is 0.154. The van der Waals surface area contributed by atoms with Gasteiger partial charge >= 0.3 is 0 Å². The molecule has 166 valence electrons. The molecule has 3 aromatic carbocycles. The highest BCUT2D eigenvalue weighted by molar-refractivity contribution is 6.46. The summed E-state index contributed by atoms with van der Waals surface area (Å²) in [5.74, 6) is 1.03. The van der Waals surface area contributed by atoms with E-state index in [1.54, 1.807) is 49.6 Å². The topological polar surface area (TPSA) is 77.1 Å². The molecule has 0 spiro atoms. The molecule has 7 heteroatoms. The van der Waals surface area contributed by atoms with Crippen molar-refractivity contribution in [1.82, 2.24) is 0 Å². The van der Waals surface area contributed by atoms with Crippen LogP contribution in [0.15, 0.2) is 66.4 Å². The number of imide groups is 1. The van der Waals surface area contributed by atoms with Gasteiger partial charge in [-0.2, -0.15) is 0 Å². The summed E-state index contributed by atoms with van der Waals surface area (Å²) in [7, 11) is 1.56. The van der Waals surface area contributed by atoms with Gasteiger partial charge in [0, 0.05) is 11.8 Å². The number of benzene rings is 3. The molecule has 0 aliphatic carbocycles. The molecule has 2 aliphatic heterocycles. The molecular weight excluding hydrogens is 420 g/mol. The van der Waals surface area contributed by atoms with Crippen molar-refractivity contribution >= 4 is 28.8 Å². The number of nitrogens with one attached hydrogen (secondary N) is 1. The summed E-state index contributed by atoms with van der Waals surface area (Å²) in [6, 6.07) is 17.9. The van der Waals surface area contributed by atoms with E-state index >= 15 is 0 Å². The Morgan fingerprint density at radius 3 is 2.33 bits per heavy atom. The highest BCUT2D eigenvalue weighted by Gasteiger charge is 2.40. The third kappa shape index (κ3) is 3.57. The monoisotopic (exact) mass is 442 g/mol. The van der Waals surface area contributed by atoms with Gasteiger partial charge in [-0.05, 0) is 66.9 Å². The van der Waals surface area contributed by atoms with E-state index in [2.05, 4.69) is 5.32 Å². The van der Waals surface area contributed by atoms with Crippen molar-refractivity contribution in [3.05, 3.63) is 83.1 Å². The average molecular weight is 442 g/mol. The molecule has 0 saturated carbocycles. The van der Waals surface area contributed by atoms with Crippen LogP contribution in [-0.2, 0) is 9.59 Å². The molecule has 0 bridgehead atoms. The first kappa shape index (κ1) is 20.6. The van der Waals surface area contributed by atoms with E-state index in [0.717, 1.165) is 11.1 Å². The van der Waals surface area contributed by atoms with E-state index in [4.69, 9.17) is 14.2 Å². The number of carbonyl (C=O) groups is 2. The molecule has 2 amide bonds. The molecule has 0 atom stereocenters. The summed E-state index contributed by atoms with van der Waals surface area (Å²) in [6.07, 6.45) is 0. The number of aryl methyl sites for hydroxylation is 2. The summed E-state index contributed by atoms with van der Waals surface area (Å²) in [5, 5.41) is 3.16. The van der Waals surface area contributed by atoms with Gasteiger partial charge in [-0.1, -0.05) is 18.2 Å². The van der Waals surface area contributed by atoms with Crippen LogP contribution < -0.4 is 24.4 Å². The van der Waals surface area contributed by atoms with Gasteiger partial charge in [-0.3, -0.25) is 9.59 Å². The van der Waals surface area contributed by atoms with E-state index in [1.807, 2.05) is 32.0 Å². The molecule has 1 N–H and O–H groups in total. The number of hydrogen-bond donors (Lipinski definition) is 1. The number of amides is 2. The van der Waals surface area contributed by atoms with Crippen molar-refractivity contribution < 1.29 is 23.8 Å². The molecule has 33 heavy (non-hydrogen) atoms. The Morgan fingerprint density at radius 2 is 1.61 bits per heavy atom. The van der Waals surface area contributed by atoms with Gasteiger partial charge in [0.05, 0.1) is 18.4 Å². The van der Waals surface area contributed by atoms with E-state index in [0.29, 0.717) is 39.8 Å². The van der Waals surface area contributed by atoms with Crippen LogP contribution in [0.1, 0.15) is 16.7 Å². The summed E-state index contributed by atoms with van der Waals surface area (Å²) in [5.41, 5.74) is 4.42. The van der Waals surface area contributed by atoms with Gasteiger partial charge in [0.2, 0.25) is 6.79 Å². The number of nitrogens with zero attached hydrogens (tertiary/aromatic N) is 1. The van der Waals surface area contributed by atoms with Crippen LogP contribution in [0.5, 0.6) is 17.2 Å². The molecule has 3 aromatic rings. The van der Waals surface area contributed by atoms with Crippen molar-refractivity contribution in [1.29, 1.82) is 0 Å². The SMILES string of the molecule is COc1ccc(N2C(=O)C(Nc3ccc4c(c3)OCO4)=C(c3ccc(C)c(C)c3)C2=O)cc1. The normalized spacial score (nSPS) is 14.8. The van der Waals surface area contributed by atoms with Crippen molar-refractivity contribution in [2.45, 2.75) is 13.8 Å². The molecular formula is C26H22N2O5. The Bertz CT molecular complexity index is 1310. The summed E-state index contributed by atoms with van der Waals surface area (Å²) in [4.78, 5) is 28.3. The highest BCUT2D eigenvalue weighted by atomic mass is 16.7. The lowest BCUT2D eigenvalue weighted by Crippen LogP contribution is -2.32. The third-order valence-electron chi connectivity index (χ3n) is 5.85. The second-order valence-electron chi connectivity index (χ2n) is 7.89. The van der Waals surface area contributed by atoms with Gasteiger partial charge in [-0.25, -0.2) is 4.90 Å². The lowest BCUT2D eigenvalue weighted by molar-refractivity contribution is -0.120. The molecule has 5 rings (SSSR count). The number of anilines is 2. The van der Waals surface area contributed by atoms with Gasteiger partial charge in [0.15, 0.2) is 11.5 Å². The molecule has 0 fully saturated rings. The van der Waals surface area contributed by atoms with Crippen LogP contribution in [0.4, 0.5) is 11.4 Å². The van der Waals surface area contributed by atoms with E-state index in [1.165, 1.54) is 4.90 Å². The number of methoxy groups -OCH3 is 1. The lowest BCUT2D eigenvalue weighted by atomic mass is 9.99. The molecule has 0 aromatic heterocycles. The number of rotatable bonds is 5. The van der Waals surface area contributed by atoms with Crippen LogP contribution in [0.3, 0.4) is 0 Å². The highest BCUT2D eigenvalue weighted by Crippen LogP contribution is 2.38. The molecule has 7 nitrogen and oxygen atoms in total.